The number of hydrogen-bond donors (Lipinski definition) is 0. The van der Waals surface area contributed by atoms with Crippen LogP contribution in [-0.4, -0.2) is 31.3 Å². The maximum absolute atomic E-state index is 13.3. The van der Waals surface area contributed by atoms with Crippen LogP contribution in [0.1, 0.15) is 44.6 Å². The molecule has 1 aliphatic heterocycles. The van der Waals surface area contributed by atoms with Crippen LogP contribution in [0.2, 0.25) is 0 Å². The Hall–Kier alpha value is -1.88. The number of piperidine rings is 1. The Bertz CT molecular complexity index is 788. The van der Waals surface area contributed by atoms with Gasteiger partial charge in [0.1, 0.15) is 0 Å². The number of nitrogens with zero attached hydrogens (tertiary/aromatic N) is 2. The van der Waals surface area contributed by atoms with Gasteiger partial charge in [0.25, 0.3) is 0 Å². The largest absolute Gasteiger partial charge is 0.420 e. The summed E-state index contributed by atoms with van der Waals surface area (Å²) < 4.78 is 30.4. The van der Waals surface area contributed by atoms with Crippen LogP contribution in [0.3, 0.4) is 0 Å². The SMILES string of the molecule is CCOP(=O)(OCC)c1nc(C=Cc2ccccc2)oc1N1CCCCC1. The molecule has 0 N–H and O–H groups in total. The smallest absolute Gasteiger partial charge is 0.385 e. The summed E-state index contributed by atoms with van der Waals surface area (Å²) in [6, 6.07) is 9.90. The summed E-state index contributed by atoms with van der Waals surface area (Å²) in [6.07, 6.45) is 7.04. The van der Waals surface area contributed by atoms with E-state index in [4.69, 9.17) is 13.5 Å². The molecule has 1 fully saturated rings. The quantitative estimate of drug-likeness (QED) is 0.608. The molecule has 0 radical (unpaired) electrons. The molecule has 0 unspecified atom stereocenters. The zero-order chi connectivity index (χ0) is 19.1. The Balaban J connectivity index is 1.97. The second kappa shape index (κ2) is 9.36. The van der Waals surface area contributed by atoms with Crippen LogP contribution in [0.4, 0.5) is 5.88 Å². The molecule has 0 bridgehead atoms. The summed E-state index contributed by atoms with van der Waals surface area (Å²) in [7, 11) is -3.53. The molecule has 1 aromatic carbocycles. The van der Waals surface area contributed by atoms with Gasteiger partial charge in [-0.25, -0.2) is 0 Å². The standard InChI is InChI=1S/C20H27N2O4P/c1-3-24-27(23,25-4-2)19-20(22-15-9-6-10-16-22)26-18(21-19)14-13-17-11-7-5-8-12-17/h5,7-8,11-14H,3-4,6,9-10,15-16H2,1-2H3. The Morgan fingerprint density at radius 3 is 2.37 bits per heavy atom. The second-order valence-corrected chi connectivity index (χ2v) is 8.24. The van der Waals surface area contributed by atoms with Gasteiger partial charge in [-0.05, 0) is 44.7 Å². The van der Waals surface area contributed by atoms with Gasteiger partial charge in [-0.2, -0.15) is 4.98 Å². The molecule has 27 heavy (non-hydrogen) atoms. The highest BCUT2D eigenvalue weighted by Crippen LogP contribution is 2.49. The van der Waals surface area contributed by atoms with E-state index in [1.165, 1.54) is 6.42 Å². The van der Waals surface area contributed by atoms with Crippen LogP contribution in [0.25, 0.3) is 12.2 Å². The number of benzene rings is 1. The van der Waals surface area contributed by atoms with E-state index in [1.807, 2.05) is 36.4 Å². The van der Waals surface area contributed by atoms with Crippen LogP contribution < -0.4 is 10.3 Å². The van der Waals surface area contributed by atoms with Gasteiger partial charge in [-0.3, -0.25) is 4.57 Å². The first-order valence-corrected chi connectivity index (χ1v) is 11.1. The number of hydrogen-bond acceptors (Lipinski definition) is 6. The monoisotopic (exact) mass is 390 g/mol. The molecule has 0 amide bonds. The highest BCUT2D eigenvalue weighted by Gasteiger charge is 2.37. The van der Waals surface area contributed by atoms with Crippen LogP contribution in [-0.2, 0) is 13.6 Å². The van der Waals surface area contributed by atoms with Crippen molar-refractivity contribution >= 4 is 31.1 Å². The molecule has 0 spiro atoms. The predicted molar refractivity (Wildman–Crippen MR) is 108 cm³/mol. The van der Waals surface area contributed by atoms with Crippen molar-refractivity contribution in [2.45, 2.75) is 33.1 Å². The molecular formula is C20H27N2O4P. The molecule has 0 atom stereocenters. The molecule has 1 saturated heterocycles. The van der Waals surface area contributed by atoms with Crippen molar-refractivity contribution < 1.29 is 18.0 Å². The summed E-state index contributed by atoms with van der Waals surface area (Å²) in [4.78, 5) is 6.60. The highest BCUT2D eigenvalue weighted by atomic mass is 31.2. The highest BCUT2D eigenvalue weighted by molar-refractivity contribution is 7.62. The van der Waals surface area contributed by atoms with Crippen LogP contribution in [0.15, 0.2) is 34.7 Å². The molecule has 146 valence electrons. The molecule has 1 aromatic heterocycles. The molecule has 2 heterocycles. The van der Waals surface area contributed by atoms with E-state index in [-0.39, 0.29) is 18.6 Å². The fourth-order valence-corrected chi connectivity index (χ4v) is 4.74. The van der Waals surface area contributed by atoms with Crippen molar-refractivity contribution in [3.05, 3.63) is 41.8 Å². The lowest BCUT2D eigenvalue weighted by Crippen LogP contribution is -2.33. The van der Waals surface area contributed by atoms with E-state index in [1.54, 1.807) is 19.9 Å². The fourth-order valence-electron chi connectivity index (χ4n) is 3.10. The lowest BCUT2D eigenvalue weighted by molar-refractivity contribution is 0.229. The van der Waals surface area contributed by atoms with Gasteiger partial charge < -0.3 is 18.4 Å². The Kier molecular flexibility index (Phi) is 6.89. The van der Waals surface area contributed by atoms with E-state index < -0.39 is 7.60 Å². The minimum absolute atomic E-state index is 0.277. The predicted octanol–water partition coefficient (Wildman–Crippen LogP) is 4.73. The van der Waals surface area contributed by atoms with Crippen LogP contribution >= 0.6 is 7.60 Å². The van der Waals surface area contributed by atoms with Gasteiger partial charge in [0.05, 0.1) is 13.2 Å². The fraction of sp³-hybridized carbons (Fsp3) is 0.450. The van der Waals surface area contributed by atoms with Gasteiger partial charge in [-0.15, -0.1) is 0 Å². The zero-order valence-electron chi connectivity index (χ0n) is 16.0. The zero-order valence-corrected chi connectivity index (χ0v) is 16.9. The average molecular weight is 390 g/mol. The number of anilines is 1. The summed E-state index contributed by atoms with van der Waals surface area (Å²) in [5.41, 5.74) is 1.32. The third-order valence-electron chi connectivity index (χ3n) is 4.33. The summed E-state index contributed by atoms with van der Waals surface area (Å²) in [5, 5.41) is 0. The summed E-state index contributed by atoms with van der Waals surface area (Å²) in [5.74, 6) is 0.904. The topological polar surface area (TPSA) is 64.8 Å². The number of oxazole rings is 1. The van der Waals surface area contributed by atoms with Gasteiger partial charge in [0, 0.05) is 19.2 Å². The minimum atomic E-state index is -3.53. The first kappa shape index (κ1) is 19.9. The second-order valence-electron chi connectivity index (χ2n) is 6.31. The molecule has 1 aliphatic rings. The van der Waals surface area contributed by atoms with Crippen molar-refractivity contribution in [3.63, 3.8) is 0 Å². The first-order valence-electron chi connectivity index (χ1n) is 9.55. The van der Waals surface area contributed by atoms with Crippen molar-refractivity contribution in [1.29, 1.82) is 0 Å². The molecule has 0 saturated carbocycles. The van der Waals surface area contributed by atoms with Crippen molar-refractivity contribution in [2.75, 3.05) is 31.2 Å². The van der Waals surface area contributed by atoms with Crippen LogP contribution in [0, 0.1) is 0 Å². The van der Waals surface area contributed by atoms with E-state index in [0.717, 1.165) is 31.5 Å². The Morgan fingerprint density at radius 1 is 1.07 bits per heavy atom. The van der Waals surface area contributed by atoms with Crippen molar-refractivity contribution in [2.24, 2.45) is 0 Å². The van der Waals surface area contributed by atoms with Crippen LogP contribution in [0.5, 0.6) is 0 Å². The number of rotatable bonds is 8. The lowest BCUT2D eigenvalue weighted by Gasteiger charge is -2.27. The van der Waals surface area contributed by atoms with Gasteiger partial charge in [-0.1, -0.05) is 30.3 Å². The van der Waals surface area contributed by atoms with E-state index in [0.29, 0.717) is 11.8 Å². The molecule has 7 heteroatoms. The summed E-state index contributed by atoms with van der Waals surface area (Å²) >= 11 is 0. The van der Waals surface area contributed by atoms with Gasteiger partial charge in [0.15, 0.2) is 0 Å². The average Bonchev–Trinajstić information content (AvgIpc) is 3.13. The number of aromatic nitrogens is 1. The van der Waals surface area contributed by atoms with Gasteiger partial charge in [0.2, 0.25) is 17.2 Å². The molecule has 6 nitrogen and oxygen atoms in total. The molecular weight excluding hydrogens is 363 g/mol. The van der Waals surface area contributed by atoms with Crippen molar-refractivity contribution in [1.82, 2.24) is 4.98 Å². The third-order valence-corrected chi connectivity index (χ3v) is 6.33. The normalized spacial score (nSPS) is 15.6. The molecule has 3 rings (SSSR count). The minimum Gasteiger partial charge on any atom is -0.420 e. The van der Waals surface area contributed by atoms with E-state index in [9.17, 15) is 4.57 Å². The Morgan fingerprint density at radius 2 is 1.74 bits per heavy atom. The summed E-state index contributed by atoms with van der Waals surface area (Å²) in [6.45, 7) is 5.84. The lowest BCUT2D eigenvalue weighted by atomic mass is 10.1. The molecule has 0 aliphatic carbocycles. The van der Waals surface area contributed by atoms with E-state index >= 15 is 0 Å². The molecule has 2 aromatic rings. The van der Waals surface area contributed by atoms with E-state index in [2.05, 4.69) is 9.88 Å². The maximum atomic E-state index is 13.3. The van der Waals surface area contributed by atoms with Crippen molar-refractivity contribution in [3.8, 4) is 0 Å². The third kappa shape index (κ3) is 4.89. The van der Waals surface area contributed by atoms with Gasteiger partial charge >= 0.3 is 7.60 Å². The maximum Gasteiger partial charge on any atom is 0.385 e. The Labute approximate surface area is 160 Å². The first-order chi connectivity index (χ1) is 13.2.